The van der Waals surface area contributed by atoms with Gasteiger partial charge in [-0.25, -0.2) is 4.39 Å². The van der Waals surface area contributed by atoms with Crippen molar-refractivity contribution in [2.45, 2.75) is 26.7 Å². The molecule has 1 rings (SSSR count). The molecule has 0 unspecified atom stereocenters. The Hall–Kier alpha value is -1.09. The molecule has 0 amide bonds. The lowest BCUT2D eigenvalue weighted by molar-refractivity contribution is 0.624. The van der Waals surface area contributed by atoms with Crippen molar-refractivity contribution in [3.8, 4) is 0 Å². The van der Waals surface area contributed by atoms with Crippen molar-refractivity contribution in [2.24, 2.45) is 5.73 Å². The monoisotopic (exact) mass is 210 g/mol. The highest BCUT2D eigenvalue weighted by atomic mass is 19.1. The second-order valence-corrected chi connectivity index (χ2v) is 4.06. The molecular formula is C12H19FN2. The Morgan fingerprint density at radius 2 is 2.07 bits per heavy atom. The molecule has 1 aromatic rings. The number of hydrogen-bond donors (Lipinski definition) is 2. The van der Waals surface area contributed by atoms with Gasteiger partial charge in [0.15, 0.2) is 0 Å². The highest BCUT2D eigenvalue weighted by molar-refractivity contribution is 5.53. The van der Waals surface area contributed by atoms with Gasteiger partial charge >= 0.3 is 0 Å². The minimum atomic E-state index is -0.188. The highest BCUT2D eigenvalue weighted by Gasteiger charge is 2.09. The Labute approximate surface area is 90.7 Å². The second kappa shape index (κ2) is 5.12. The molecule has 0 radical (unpaired) electrons. The van der Waals surface area contributed by atoms with Gasteiger partial charge in [0.1, 0.15) is 5.82 Å². The van der Waals surface area contributed by atoms with E-state index in [-0.39, 0.29) is 5.82 Å². The fourth-order valence-corrected chi connectivity index (χ4v) is 1.53. The number of hydrogen-bond acceptors (Lipinski definition) is 2. The van der Waals surface area contributed by atoms with E-state index in [9.17, 15) is 4.39 Å². The maximum atomic E-state index is 13.7. The van der Waals surface area contributed by atoms with Crippen molar-refractivity contribution < 1.29 is 4.39 Å². The molecular weight excluding hydrogens is 191 g/mol. The Bertz CT molecular complexity index is 311. The molecule has 15 heavy (non-hydrogen) atoms. The number of rotatable bonds is 4. The third kappa shape index (κ3) is 2.93. The minimum Gasteiger partial charge on any atom is -0.381 e. The van der Waals surface area contributed by atoms with Crippen molar-refractivity contribution in [2.75, 3.05) is 18.4 Å². The molecule has 0 fully saturated rings. The van der Waals surface area contributed by atoms with Gasteiger partial charge < -0.3 is 11.1 Å². The quantitative estimate of drug-likeness (QED) is 0.801. The number of nitrogens with one attached hydrogen (secondary N) is 1. The summed E-state index contributed by atoms with van der Waals surface area (Å²) in [7, 11) is 0. The Balaban J connectivity index is 2.99. The van der Waals surface area contributed by atoms with Crippen molar-refractivity contribution in [3.05, 3.63) is 29.1 Å². The van der Waals surface area contributed by atoms with E-state index in [1.165, 1.54) is 0 Å². The van der Waals surface area contributed by atoms with Crippen molar-refractivity contribution in [1.29, 1.82) is 0 Å². The van der Waals surface area contributed by atoms with E-state index in [0.717, 1.165) is 11.1 Å². The van der Waals surface area contributed by atoms with Crippen molar-refractivity contribution in [3.63, 3.8) is 0 Å². The summed E-state index contributed by atoms with van der Waals surface area (Å²) in [5, 5.41) is 3.00. The molecule has 0 atom stereocenters. The normalized spacial score (nSPS) is 10.8. The summed E-state index contributed by atoms with van der Waals surface area (Å²) in [4.78, 5) is 0. The van der Waals surface area contributed by atoms with Crippen LogP contribution in [0.1, 0.15) is 30.9 Å². The molecule has 3 heteroatoms. The number of anilines is 1. The van der Waals surface area contributed by atoms with Crippen LogP contribution < -0.4 is 11.1 Å². The molecule has 1 aromatic carbocycles. The van der Waals surface area contributed by atoms with Crippen LogP contribution in [-0.2, 0) is 0 Å². The zero-order chi connectivity index (χ0) is 11.4. The molecule has 0 aromatic heterocycles. The SMILES string of the molecule is Cc1cc(C(C)C)cc(F)c1NCCN. The third-order valence-electron chi connectivity index (χ3n) is 2.42. The van der Waals surface area contributed by atoms with Gasteiger partial charge in [0.05, 0.1) is 5.69 Å². The fraction of sp³-hybridized carbons (Fsp3) is 0.500. The molecule has 0 aliphatic heterocycles. The predicted octanol–water partition coefficient (Wildman–Crippen LogP) is 2.63. The first kappa shape index (κ1) is 12.0. The summed E-state index contributed by atoms with van der Waals surface area (Å²) in [6, 6.07) is 3.61. The maximum absolute atomic E-state index is 13.7. The van der Waals surface area contributed by atoms with Crippen LogP contribution in [0.5, 0.6) is 0 Å². The Morgan fingerprint density at radius 3 is 2.53 bits per heavy atom. The first-order valence-corrected chi connectivity index (χ1v) is 5.30. The van der Waals surface area contributed by atoms with E-state index in [0.29, 0.717) is 24.7 Å². The van der Waals surface area contributed by atoms with Crippen LogP contribution in [-0.4, -0.2) is 13.1 Å². The Kier molecular flexibility index (Phi) is 4.09. The molecule has 3 N–H and O–H groups in total. The number of nitrogens with two attached hydrogens (primary N) is 1. The van der Waals surface area contributed by atoms with Gasteiger partial charge in [-0.1, -0.05) is 19.9 Å². The summed E-state index contributed by atoms with van der Waals surface area (Å²) in [5.41, 5.74) is 7.91. The zero-order valence-electron chi connectivity index (χ0n) is 9.60. The topological polar surface area (TPSA) is 38.0 Å². The fourth-order valence-electron chi connectivity index (χ4n) is 1.53. The number of aryl methyl sites for hydroxylation is 1. The average molecular weight is 210 g/mol. The average Bonchev–Trinajstić information content (AvgIpc) is 2.16. The molecule has 0 aliphatic rings. The molecule has 0 spiro atoms. The van der Waals surface area contributed by atoms with Crippen LogP contribution in [0.2, 0.25) is 0 Å². The largest absolute Gasteiger partial charge is 0.381 e. The third-order valence-corrected chi connectivity index (χ3v) is 2.42. The van der Waals surface area contributed by atoms with Gasteiger partial charge in [0.25, 0.3) is 0 Å². The standard InChI is InChI=1S/C12H19FN2/c1-8(2)10-6-9(3)12(11(13)7-10)15-5-4-14/h6-8,15H,4-5,14H2,1-3H3. The zero-order valence-corrected chi connectivity index (χ0v) is 9.60. The van der Waals surface area contributed by atoms with Crippen LogP contribution in [0.25, 0.3) is 0 Å². The molecule has 0 saturated carbocycles. The lowest BCUT2D eigenvalue weighted by atomic mass is 10.00. The highest BCUT2D eigenvalue weighted by Crippen LogP contribution is 2.25. The van der Waals surface area contributed by atoms with Gasteiger partial charge in [-0.15, -0.1) is 0 Å². The number of halogens is 1. The summed E-state index contributed by atoms with van der Waals surface area (Å²) in [5.74, 6) is 0.161. The van der Waals surface area contributed by atoms with Crippen molar-refractivity contribution >= 4 is 5.69 Å². The molecule has 0 aliphatic carbocycles. The molecule has 0 heterocycles. The van der Waals surface area contributed by atoms with E-state index < -0.39 is 0 Å². The van der Waals surface area contributed by atoms with Crippen LogP contribution in [0.15, 0.2) is 12.1 Å². The lowest BCUT2D eigenvalue weighted by Crippen LogP contribution is -2.14. The van der Waals surface area contributed by atoms with E-state index in [1.54, 1.807) is 6.07 Å². The molecule has 0 saturated heterocycles. The predicted molar refractivity (Wildman–Crippen MR) is 62.8 cm³/mol. The van der Waals surface area contributed by atoms with Crippen LogP contribution in [0.3, 0.4) is 0 Å². The first-order valence-electron chi connectivity index (χ1n) is 5.30. The Morgan fingerprint density at radius 1 is 1.40 bits per heavy atom. The maximum Gasteiger partial charge on any atom is 0.146 e. The van der Waals surface area contributed by atoms with Gasteiger partial charge in [-0.3, -0.25) is 0 Å². The van der Waals surface area contributed by atoms with E-state index in [2.05, 4.69) is 19.2 Å². The summed E-state index contributed by atoms with van der Waals surface area (Å²) in [6.07, 6.45) is 0. The van der Waals surface area contributed by atoms with Crippen LogP contribution >= 0.6 is 0 Å². The molecule has 2 nitrogen and oxygen atoms in total. The van der Waals surface area contributed by atoms with Crippen LogP contribution in [0.4, 0.5) is 10.1 Å². The minimum absolute atomic E-state index is 0.188. The van der Waals surface area contributed by atoms with Gasteiger partial charge in [0.2, 0.25) is 0 Å². The smallest absolute Gasteiger partial charge is 0.146 e. The first-order chi connectivity index (χ1) is 7.06. The molecule has 0 bridgehead atoms. The lowest BCUT2D eigenvalue weighted by Gasteiger charge is -2.13. The van der Waals surface area contributed by atoms with Gasteiger partial charge in [0, 0.05) is 13.1 Å². The van der Waals surface area contributed by atoms with Gasteiger partial charge in [-0.2, -0.15) is 0 Å². The summed E-state index contributed by atoms with van der Waals surface area (Å²) in [6.45, 7) is 7.12. The summed E-state index contributed by atoms with van der Waals surface area (Å²) >= 11 is 0. The molecule has 84 valence electrons. The van der Waals surface area contributed by atoms with E-state index in [4.69, 9.17) is 5.73 Å². The van der Waals surface area contributed by atoms with E-state index >= 15 is 0 Å². The van der Waals surface area contributed by atoms with Crippen LogP contribution in [0, 0.1) is 12.7 Å². The number of benzene rings is 1. The van der Waals surface area contributed by atoms with E-state index in [1.807, 2.05) is 13.0 Å². The van der Waals surface area contributed by atoms with Crippen molar-refractivity contribution in [1.82, 2.24) is 0 Å². The summed E-state index contributed by atoms with van der Waals surface area (Å²) < 4.78 is 13.7. The second-order valence-electron chi connectivity index (χ2n) is 4.06. The van der Waals surface area contributed by atoms with Gasteiger partial charge in [-0.05, 0) is 30.0 Å².